The van der Waals surface area contributed by atoms with Crippen molar-refractivity contribution >= 4 is 5.69 Å². The summed E-state index contributed by atoms with van der Waals surface area (Å²) in [6.45, 7) is 0.461. The number of non-ortho nitro benzene ring substituents is 1. The lowest BCUT2D eigenvalue weighted by atomic mass is 9.87. The van der Waals surface area contributed by atoms with Crippen LogP contribution in [0.3, 0.4) is 0 Å². The fourth-order valence-corrected chi connectivity index (χ4v) is 2.63. The Balaban J connectivity index is 1.84. The van der Waals surface area contributed by atoms with Crippen molar-refractivity contribution < 1.29 is 9.66 Å². The first-order chi connectivity index (χ1) is 9.55. The molecule has 0 heterocycles. The Bertz CT molecular complexity index is 523. The summed E-state index contributed by atoms with van der Waals surface area (Å²) in [6.07, 6.45) is 3.40. The highest BCUT2D eigenvalue weighted by Gasteiger charge is 2.39. The van der Waals surface area contributed by atoms with E-state index in [0.29, 0.717) is 12.4 Å². The number of hydrogen-bond acceptors (Lipinski definition) is 5. The summed E-state index contributed by atoms with van der Waals surface area (Å²) in [6, 6.07) is 8.18. The van der Waals surface area contributed by atoms with Crippen molar-refractivity contribution in [1.29, 1.82) is 5.26 Å². The van der Waals surface area contributed by atoms with Crippen LogP contribution in [0.25, 0.3) is 0 Å². The fourth-order valence-electron chi connectivity index (χ4n) is 2.63. The first kappa shape index (κ1) is 14.3. The summed E-state index contributed by atoms with van der Waals surface area (Å²) in [5, 5.41) is 19.6. The van der Waals surface area contributed by atoms with Gasteiger partial charge in [0.15, 0.2) is 0 Å². The number of nitrogens with two attached hydrogens (primary N) is 1. The molecule has 106 valence electrons. The third-order valence-corrected chi connectivity index (χ3v) is 3.86. The van der Waals surface area contributed by atoms with Gasteiger partial charge in [0.05, 0.1) is 17.6 Å². The van der Waals surface area contributed by atoms with Gasteiger partial charge < -0.3 is 10.5 Å². The van der Waals surface area contributed by atoms with E-state index >= 15 is 0 Å². The number of benzene rings is 1. The molecule has 2 unspecified atom stereocenters. The molecular weight excluding hydrogens is 258 g/mol. The molecular formula is C14H17N3O3. The van der Waals surface area contributed by atoms with Crippen molar-refractivity contribution in [3.05, 3.63) is 34.4 Å². The lowest BCUT2D eigenvalue weighted by Crippen LogP contribution is -2.42. The van der Waals surface area contributed by atoms with E-state index in [1.54, 1.807) is 12.1 Å². The zero-order valence-corrected chi connectivity index (χ0v) is 11.1. The monoisotopic (exact) mass is 275 g/mol. The van der Waals surface area contributed by atoms with E-state index in [0.717, 1.165) is 25.7 Å². The van der Waals surface area contributed by atoms with Crippen LogP contribution in [0.5, 0.6) is 5.75 Å². The molecule has 2 N–H and O–H groups in total. The third-order valence-electron chi connectivity index (χ3n) is 3.86. The van der Waals surface area contributed by atoms with Gasteiger partial charge in [0.1, 0.15) is 11.3 Å². The molecule has 1 aromatic rings. The van der Waals surface area contributed by atoms with E-state index in [4.69, 9.17) is 15.7 Å². The van der Waals surface area contributed by atoms with E-state index in [-0.39, 0.29) is 11.6 Å². The largest absolute Gasteiger partial charge is 0.494 e. The van der Waals surface area contributed by atoms with Crippen molar-refractivity contribution in [2.45, 2.75) is 31.2 Å². The molecule has 1 aromatic carbocycles. The van der Waals surface area contributed by atoms with Crippen LogP contribution in [0.15, 0.2) is 24.3 Å². The summed E-state index contributed by atoms with van der Waals surface area (Å²) in [5.41, 5.74) is 5.36. The Morgan fingerprint density at radius 3 is 2.80 bits per heavy atom. The average Bonchev–Trinajstić information content (AvgIpc) is 2.82. The molecule has 0 saturated heterocycles. The van der Waals surface area contributed by atoms with Gasteiger partial charge in [-0.15, -0.1) is 0 Å². The summed E-state index contributed by atoms with van der Waals surface area (Å²) in [7, 11) is 0. The minimum atomic E-state index is -0.723. The van der Waals surface area contributed by atoms with Crippen LogP contribution >= 0.6 is 0 Å². The van der Waals surface area contributed by atoms with Gasteiger partial charge in [-0.25, -0.2) is 0 Å². The second-order valence-electron chi connectivity index (χ2n) is 5.13. The molecule has 0 aromatic heterocycles. The highest BCUT2D eigenvalue weighted by Crippen LogP contribution is 2.35. The first-order valence-corrected chi connectivity index (χ1v) is 6.62. The Kier molecular flexibility index (Phi) is 4.20. The third kappa shape index (κ3) is 3.06. The molecule has 6 heteroatoms. The molecule has 1 fully saturated rings. The van der Waals surface area contributed by atoms with Gasteiger partial charge >= 0.3 is 0 Å². The number of hydrogen-bond donors (Lipinski definition) is 1. The molecule has 0 radical (unpaired) electrons. The minimum absolute atomic E-state index is 0.0404. The fraction of sp³-hybridized carbons (Fsp3) is 0.500. The second kappa shape index (κ2) is 5.88. The van der Waals surface area contributed by atoms with E-state index < -0.39 is 10.5 Å². The number of ether oxygens (including phenoxy) is 1. The quantitative estimate of drug-likeness (QED) is 0.656. The van der Waals surface area contributed by atoms with Crippen LogP contribution in [0.4, 0.5) is 5.69 Å². The maximum Gasteiger partial charge on any atom is 0.269 e. The second-order valence-corrected chi connectivity index (χ2v) is 5.13. The smallest absolute Gasteiger partial charge is 0.269 e. The van der Waals surface area contributed by atoms with Crippen LogP contribution in [0.2, 0.25) is 0 Å². The highest BCUT2D eigenvalue weighted by molar-refractivity contribution is 5.35. The number of nitro benzene ring substituents is 1. The van der Waals surface area contributed by atoms with Gasteiger partial charge in [-0.1, -0.05) is 6.42 Å². The van der Waals surface area contributed by atoms with Crippen molar-refractivity contribution in [3.63, 3.8) is 0 Å². The lowest BCUT2D eigenvalue weighted by molar-refractivity contribution is -0.384. The molecule has 20 heavy (non-hydrogen) atoms. The van der Waals surface area contributed by atoms with Gasteiger partial charge in [-0.2, -0.15) is 5.26 Å². The minimum Gasteiger partial charge on any atom is -0.494 e. The van der Waals surface area contributed by atoms with Crippen molar-refractivity contribution in [2.24, 2.45) is 11.7 Å². The number of nitro groups is 1. The van der Waals surface area contributed by atoms with Crippen molar-refractivity contribution in [2.75, 3.05) is 6.61 Å². The summed E-state index contributed by atoms with van der Waals surface area (Å²) in [4.78, 5) is 10.1. The van der Waals surface area contributed by atoms with Crippen molar-refractivity contribution in [1.82, 2.24) is 0 Å². The topological polar surface area (TPSA) is 102 Å². The van der Waals surface area contributed by atoms with Gasteiger partial charge in [0, 0.05) is 12.1 Å². The van der Waals surface area contributed by atoms with E-state index in [2.05, 4.69) is 6.07 Å². The van der Waals surface area contributed by atoms with E-state index in [9.17, 15) is 10.1 Å². The van der Waals surface area contributed by atoms with Crippen LogP contribution in [0, 0.1) is 27.4 Å². The Labute approximate surface area is 117 Å². The standard InChI is InChI=1S/C14H17N3O3/c15-10-14(16)8-1-2-11(14)7-9-20-13-5-3-12(4-6-13)17(18)19/h3-6,11H,1-2,7-9,16H2. The average molecular weight is 275 g/mol. The first-order valence-electron chi connectivity index (χ1n) is 6.62. The van der Waals surface area contributed by atoms with Gasteiger partial charge in [0.2, 0.25) is 0 Å². The van der Waals surface area contributed by atoms with Gasteiger partial charge in [-0.05, 0) is 37.3 Å². The molecule has 2 rings (SSSR count). The molecule has 1 saturated carbocycles. The van der Waals surface area contributed by atoms with Crippen molar-refractivity contribution in [3.8, 4) is 11.8 Å². The van der Waals surface area contributed by atoms with Crippen LogP contribution < -0.4 is 10.5 Å². The molecule has 2 atom stereocenters. The molecule has 0 aliphatic heterocycles. The van der Waals surface area contributed by atoms with E-state index in [1.807, 2.05) is 0 Å². The van der Waals surface area contributed by atoms with Gasteiger partial charge in [-0.3, -0.25) is 10.1 Å². The maximum atomic E-state index is 10.5. The number of nitriles is 1. The molecule has 0 bridgehead atoms. The molecule has 0 spiro atoms. The number of nitrogens with zero attached hydrogens (tertiary/aromatic N) is 2. The summed E-state index contributed by atoms with van der Waals surface area (Å²) < 4.78 is 5.55. The Hall–Kier alpha value is -2.13. The SMILES string of the molecule is N#CC1(N)CCCC1CCOc1ccc([N+](=O)[O-])cc1. The summed E-state index contributed by atoms with van der Waals surface area (Å²) in [5.74, 6) is 0.749. The van der Waals surface area contributed by atoms with Gasteiger partial charge in [0.25, 0.3) is 5.69 Å². The maximum absolute atomic E-state index is 10.5. The molecule has 6 nitrogen and oxygen atoms in total. The highest BCUT2D eigenvalue weighted by atomic mass is 16.6. The Morgan fingerprint density at radius 2 is 2.20 bits per heavy atom. The van der Waals surface area contributed by atoms with Crippen LogP contribution in [0.1, 0.15) is 25.7 Å². The van der Waals surface area contributed by atoms with Crippen LogP contribution in [-0.2, 0) is 0 Å². The summed E-state index contributed by atoms with van der Waals surface area (Å²) >= 11 is 0. The normalized spacial score (nSPS) is 25.1. The zero-order valence-electron chi connectivity index (χ0n) is 11.1. The molecule has 1 aliphatic rings. The van der Waals surface area contributed by atoms with Crippen LogP contribution in [-0.4, -0.2) is 17.1 Å². The number of rotatable bonds is 5. The predicted molar refractivity (Wildman–Crippen MR) is 73.1 cm³/mol. The Morgan fingerprint density at radius 1 is 1.50 bits per heavy atom. The van der Waals surface area contributed by atoms with E-state index in [1.165, 1.54) is 12.1 Å². The molecule has 1 aliphatic carbocycles. The molecule has 0 amide bonds. The zero-order chi connectivity index (χ0) is 14.6. The lowest BCUT2D eigenvalue weighted by Gasteiger charge is -2.23. The predicted octanol–water partition coefficient (Wildman–Crippen LogP) is 2.38.